The average molecular weight is 252 g/mol. The van der Waals surface area contributed by atoms with Gasteiger partial charge in [-0.25, -0.2) is 0 Å². The summed E-state index contributed by atoms with van der Waals surface area (Å²) in [6.45, 7) is 2.48. The third kappa shape index (κ3) is 2.03. The third-order valence-corrected chi connectivity index (χ3v) is 3.91. The van der Waals surface area contributed by atoms with Gasteiger partial charge in [0.15, 0.2) is 0 Å². The van der Waals surface area contributed by atoms with Gasteiger partial charge in [-0.15, -0.1) is 0 Å². The number of esters is 1. The summed E-state index contributed by atoms with van der Waals surface area (Å²) >= 11 is 0. The predicted molar refractivity (Wildman–Crippen MR) is 74.8 cm³/mol. The smallest absolute Gasteiger partial charge is 0.316 e. The first-order chi connectivity index (χ1) is 9.20. The predicted octanol–water partition coefficient (Wildman–Crippen LogP) is 3.56. The van der Waals surface area contributed by atoms with E-state index in [2.05, 4.69) is 24.3 Å². The summed E-state index contributed by atoms with van der Waals surface area (Å²) < 4.78 is 5.10. The van der Waals surface area contributed by atoms with E-state index in [1.165, 1.54) is 11.1 Å². The molecule has 1 atom stereocenters. The topological polar surface area (TPSA) is 26.3 Å². The van der Waals surface area contributed by atoms with Crippen molar-refractivity contribution in [1.82, 2.24) is 0 Å². The van der Waals surface area contributed by atoms with E-state index in [0.717, 1.165) is 12.0 Å². The van der Waals surface area contributed by atoms with Gasteiger partial charge in [-0.1, -0.05) is 54.6 Å². The summed E-state index contributed by atoms with van der Waals surface area (Å²) in [6, 6.07) is 18.4. The van der Waals surface area contributed by atoms with E-state index in [1.54, 1.807) is 0 Å². The minimum Gasteiger partial charge on any atom is -0.465 e. The highest BCUT2D eigenvalue weighted by Crippen LogP contribution is 2.34. The van der Waals surface area contributed by atoms with Crippen LogP contribution in [-0.2, 0) is 14.9 Å². The van der Waals surface area contributed by atoms with Gasteiger partial charge >= 0.3 is 5.97 Å². The molecule has 2 aromatic rings. The quantitative estimate of drug-likeness (QED) is 0.764. The fraction of sp³-hybridized carbons (Fsp3) is 0.235. The molecule has 2 heteroatoms. The lowest BCUT2D eigenvalue weighted by molar-refractivity contribution is -0.142. The van der Waals surface area contributed by atoms with Crippen molar-refractivity contribution in [2.45, 2.75) is 18.8 Å². The Balaban J connectivity index is 1.94. The van der Waals surface area contributed by atoms with Crippen LogP contribution < -0.4 is 0 Å². The summed E-state index contributed by atoms with van der Waals surface area (Å²) in [5.74, 6) is -0.111. The molecule has 1 aliphatic heterocycles. The van der Waals surface area contributed by atoms with E-state index in [0.29, 0.717) is 6.61 Å². The molecule has 0 radical (unpaired) electrons. The van der Waals surface area contributed by atoms with Gasteiger partial charge in [0, 0.05) is 6.42 Å². The molecule has 0 aliphatic carbocycles. The van der Waals surface area contributed by atoms with Gasteiger partial charge in [-0.2, -0.15) is 0 Å². The second-order valence-electron chi connectivity index (χ2n) is 5.16. The number of benzene rings is 2. The molecule has 1 saturated heterocycles. The standard InChI is InChI=1S/C17H16O2/c1-17(11-12-19-16(17)18)15-9-7-14(8-10-15)13-5-3-2-4-6-13/h2-10H,11-12H2,1H3/t17-/m0/s1. The van der Waals surface area contributed by atoms with E-state index in [4.69, 9.17) is 4.74 Å². The zero-order chi connectivity index (χ0) is 13.3. The van der Waals surface area contributed by atoms with E-state index in [1.807, 2.05) is 37.3 Å². The fourth-order valence-corrected chi connectivity index (χ4v) is 2.53. The SMILES string of the molecule is C[C@@]1(c2ccc(-c3ccccc3)cc2)CCOC1=O. The summed E-state index contributed by atoms with van der Waals surface area (Å²) in [4.78, 5) is 11.8. The average Bonchev–Trinajstić information content (AvgIpc) is 2.81. The van der Waals surface area contributed by atoms with Crippen molar-refractivity contribution in [2.24, 2.45) is 0 Å². The molecule has 0 amide bonds. The molecule has 2 aromatic carbocycles. The summed E-state index contributed by atoms with van der Waals surface area (Å²) in [7, 11) is 0. The highest BCUT2D eigenvalue weighted by atomic mass is 16.5. The van der Waals surface area contributed by atoms with Crippen molar-refractivity contribution in [3.8, 4) is 11.1 Å². The summed E-state index contributed by atoms with van der Waals surface area (Å²) in [5, 5.41) is 0. The Morgan fingerprint density at radius 2 is 1.58 bits per heavy atom. The normalized spacial score (nSPS) is 22.3. The molecule has 0 aromatic heterocycles. The first-order valence-corrected chi connectivity index (χ1v) is 6.53. The van der Waals surface area contributed by atoms with Crippen molar-refractivity contribution in [3.05, 3.63) is 60.2 Å². The van der Waals surface area contributed by atoms with Crippen molar-refractivity contribution >= 4 is 5.97 Å². The molecular weight excluding hydrogens is 236 g/mol. The van der Waals surface area contributed by atoms with Crippen LogP contribution in [0.5, 0.6) is 0 Å². The van der Waals surface area contributed by atoms with Gasteiger partial charge in [0.2, 0.25) is 0 Å². The lowest BCUT2D eigenvalue weighted by Crippen LogP contribution is -2.27. The number of carbonyl (C=O) groups is 1. The van der Waals surface area contributed by atoms with Crippen LogP contribution in [0.4, 0.5) is 0 Å². The van der Waals surface area contributed by atoms with Crippen molar-refractivity contribution in [2.75, 3.05) is 6.61 Å². The molecule has 19 heavy (non-hydrogen) atoms. The zero-order valence-electron chi connectivity index (χ0n) is 10.9. The highest BCUT2D eigenvalue weighted by Gasteiger charge is 2.41. The molecule has 0 unspecified atom stereocenters. The number of cyclic esters (lactones) is 1. The van der Waals surface area contributed by atoms with Crippen LogP contribution in [0.2, 0.25) is 0 Å². The van der Waals surface area contributed by atoms with Gasteiger partial charge < -0.3 is 4.74 Å². The minimum absolute atomic E-state index is 0.111. The second-order valence-corrected chi connectivity index (χ2v) is 5.16. The first kappa shape index (κ1) is 12.0. The maximum absolute atomic E-state index is 11.8. The second kappa shape index (κ2) is 4.54. The van der Waals surface area contributed by atoms with Crippen molar-refractivity contribution in [1.29, 1.82) is 0 Å². The molecule has 2 nitrogen and oxygen atoms in total. The molecule has 1 aliphatic rings. The largest absolute Gasteiger partial charge is 0.465 e. The molecule has 0 spiro atoms. The maximum atomic E-state index is 11.8. The lowest BCUT2D eigenvalue weighted by atomic mass is 9.81. The summed E-state index contributed by atoms with van der Waals surface area (Å²) in [6.07, 6.45) is 0.760. The zero-order valence-corrected chi connectivity index (χ0v) is 10.9. The lowest BCUT2D eigenvalue weighted by Gasteiger charge is -2.19. The van der Waals surface area contributed by atoms with Crippen LogP contribution in [0.25, 0.3) is 11.1 Å². The van der Waals surface area contributed by atoms with E-state index >= 15 is 0 Å². The van der Waals surface area contributed by atoms with E-state index in [9.17, 15) is 4.79 Å². The third-order valence-electron chi connectivity index (χ3n) is 3.91. The molecule has 0 bridgehead atoms. The van der Waals surface area contributed by atoms with Crippen LogP contribution in [0.3, 0.4) is 0 Å². The summed E-state index contributed by atoms with van der Waals surface area (Å²) in [5.41, 5.74) is 2.91. The first-order valence-electron chi connectivity index (χ1n) is 6.53. The van der Waals surface area contributed by atoms with Gasteiger partial charge in [0.25, 0.3) is 0 Å². The Morgan fingerprint density at radius 3 is 2.16 bits per heavy atom. The van der Waals surface area contributed by atoms with Crippen molar-refractivity contribution in [3.63, 3.8) is 0 Å². The Morgan fingerprint density at radius 1 is 0.947 bits per heavy atom. The van der Waals surface area contributed by atoms with Crippen LogP contribution >= 0.6 is 0 Å². The highest BCUT2D eigenvalue weighted by molar-refractivity contribution is 5.84. The van der Waals surface area contributed by atoms with Crippen LogP contribution in [0.15, 0.2) is 54.6 Å². The number of rotatable bonds is 2. The minimum atomic E-state index is -0.477. The van der Waals surface area contributed by atoms with E-state index < -0.39 is 5.41 Å². The fourth-order valence-electron chi connectivity index (χ4n) is 2.53. The number of ether oxygens (including phenoxy) is 1. The molecule has 3 rings (SSSR count). The van der Waals surface area contributed by atoms with Crippen LogP contribution in [0, 0.1) is 0 Å². The van der Waals surface area contributed by atoms with Gasteiger partial charge in [-0.3, -0.25) is 4.79 Å². The molecule has 96 valence electrons. The van der Waals surface area contributed by atoms with Gasteiger partial charge in [0.05, 0.1) is 12.0 Å². The van der Waals surface area contributed by atoms with Gasteiger partial charge in [0.1, 0.15) is 0 Å². The molecule has 1 heterocycles. The Kier molecular flexibility index (Phi) is 2.86. The monoisotopic (exact) mass is 252 g/mol. The molecule has 1 fully saturated rings. The van der Waals surface area contributed by atoms with Crippen LogP contribution in [0.1, 0.15) is 18.9 Å². The Hall–Kier alpha value is -2.09. The maximum Gasteiger partial charge on any atom is 0.316 e. The molecule has 0 saturated carbocycles. The van der Waals surface area contributed by atoms with Crippen molar-refractivity contribution < 1.29 is 9.53 Å². The number of carbonyl (C=O) groups excluding carboxylic acids is 1. The van der Waals surface area contributed by atoms with E-state index in [-0.39, 0.29) is 5.97 Å². The Bertz CT molecular complexity index is 586. The molecule has 0 N–H and O–H groups in total. The van der Waals surface area contributed by atoms with Crippen LogP contribution in [-0.4, -0.2) is 12.6 Å². The number of hydrogen-bond acceptors (Lipinski definition) is 2. The Labute approximate surface area is 113 Å². The molecular formula is C17H16O2. The van der Waals surface area contributed by atoms with Gasteiger partial charge in [-0.05, 0) is 23.6 Å². The number of hydrogen-bond donors (Lipinski definition) is 0.